The van der Waals surface area contributed by atoms with Crippen LogP contribution >= 0.6 is 0 Å². The fraction of sp³-hybridized carbons (Fsp3) is 0.259. The first-order valence-corrected chi connectivity index (χ1v) is 11.5. The first-order chi connectivity index (χ1) is 16.6. The van der Waals surface area contributed by atoms with Gasteiger partial charge in [-0.15, -0.1) is 0 Å². The van der Waals surface area contributed by atoms with Crippen LogP contribution in [0, 0.1) is 5.82 Å². The zero-order valence-electron chi connectivity index (χ0n) is 18.9. The molecule has 0 atom stereocenters. The third-order valence-corrected chi connectivity index (χ3v) is 6.24. The van der Waals surface area contributed by atoms with Gasteiger partial charge < -0.3 is 19.8 Å². The van der Waals surface area contributed by atoms with Crippen LogP contribution in [0.5, 0.6) is 17.2 Å². The summed E-state index contributed by atoms with van der Waals surface area (Å²) in [6.07, 6.45) is 5.95. The van der Waals surface area contributed by atoms with E-state index in [1.807, 2.05) is 12.1 Å². The van der Waals surface area contributed by atoms with E-state index in [-0.39, 0.29) is 11.7 Å². The second-order valence-corrected chi connectivity index (χ2v) is 8.56. The van der Waals surface area contributed by atoms with Crippen LogP contribution in [0.4, 0.5) is 10.1 Å². The third-order valence-electron chi connectivity index (χ3n) is 6.24. The molecular weight excluding hydrogens is 433 g/mol. The van der Waals surface area contributed by atoms with E-state index in [0.29, 0.717) is 34.4 Å². The average Bonchev–Trinajstić information content (AvgIpc) is 3.29. The molecule has 1 aliphatic rings. The second-order valence-electron chi connectivity index (χ2n) is 8.56. The Morgan fingerprint density at radius 3 is 2.41 bits per heavy atom. The molecule has 1 heterocycles. The Bertz CT molecular complexity index is 1290. The highest BCUT2D eigenvalue weighted by Gasteiger charge is 2.20. The van der Waals surface area contributed by atoms with Crippen LogP contribution in [0.25, 0.3) is 11.0 Å². The van der Waals surface area contributed by atoms with Crippen molar-refractivity contribution in [2.75, 3.05) is 12.4 Å². The number of carbonyl (C=O) groups excluding carboxylic acids is 1. The molecule has 1 saturated carbocycles. The maximum absolute atomic E-state index is 13.4. The first-order valence-electron chi connectivity index (χ1n) is 11.5. The number of nitrogens with one attached hydrogen (secondary N) is 2. The van der Waals surface area contributed by atoms with Gasteiger partial charge in [0.1, 0.15) is 23.1 Å². The van der Waals surface area contributed by atoms with E-state index in [0.717, 1.165) is 29.7 Å². The second kappa shape index (κ2) is 9.55. The van der Waals surface area contributed by atoms with Crippen LogP contribution in [0.3, 0.4) is 0 Å². The molecule has 1 aliphatic carbocycles. The summed E-state index contributed by atoms with van der Waals surface area (Å²) in [6, 6.07) is 16.3. The van der Waals surface area contributed by atoms with Crippen molar-refractivity contribution in [3.05, 3.63) is 77.9 Å². The standard InChI is InChI=1S/C27H26FN3O3/c1-33-20-11-7-18(8-12-20)27(32)31-24-15-22-23(30-26(29-22)17-5-3-2-4-6-17)16-25(24)34-21-13-9-19(28)10-14-21/h7-17H,2-6H2,1H3,(H,29,30)(H,31,32). The highest BCUT2D eigenvalue weighted by Crippen LogP contribution is 2.36. The van der Waals surface area contributed by atoms with E-state index in [1.165, 1.54) is 31.4 Å². The number of amides is 1. The molecule has 0 radical (unpaired) electrons. The minimum Gasteiger partial charge on any atom is -0.497 e. The number of anilines is 1. The summed E-state index contributed by atoms with van der Waals surface area (Å²) in [5.41, 5.74) is 2.58. The van der Waals surface area contributed by atoms with Gasteiger partial charge in [0.25, 0.3) is 5.91 Å². The van der Waals surface area contributed by atoms with E-state index in [9.17, 15) is 9.18 Å². The summed E-state index contributed by atoms with van der Waals surface area (Å²) in [4.78, 5) is 21.2. The van der Waals surface area contributed by atoms with Crippen molar-refractivity contribution in [2.24, 2.45) is 0 Å². The van der Waals surface area contributed by atoms with E-state index in [1.54, 1.807) is 43.5 Å². The Kier molecular flexibility index (Phi) is 6.16. The third kappa shape index (κ3) is 4.73. The Labute approximate surface area is 197 Å². The van der Waals surface area contributed by atoms with Crippen molar-refractivity contribution in [1.29, 1.82) is 0 Å². The van der Waals surface area contributed by atoms with Gasteiger partial charge in [0, 0.05) is 17.5 Å². The highest BCUT2D eigenvalue weighted by molar-refractivity contribution is 6.06. The quantitative estimate of drug-likeness (QED) is 0.332. The van der Waals surface area contributed by atoms with Crippen LogP contribution in [0.1, 0.15) is 54.2 Å². The topological polar surface area (TPSA) is 76.2 Å². The van der Waals surface area contributed by atoms with E-state index in [2.05, 4.69) is 10.3 Å². The predicted octanol–water partition coefficient (Wildman–Crippen LogP) is 6.80. The van der Waals surface area contributed by atoms with E-state index >= 15 is 0 Å². The number of carbonyl (C=O) groups is 1. The molecule has 1 fully saturated rings. The van der Waals surface area contributed by atoms with Crippen molar-refractivity contribution in [3.63, 3.8) is 0 Å². The Morgan fingerprint density at radius 2 is 1.71 bits per heavy atom. The molecule has 1 amide bonds. The summed E-state index contributed by atoms with van der Waals surface area (Å²) >= 11 is 0. The van der Waals surface area contributed by atoms with Crippen LogP contribution in [-0.4, -0.2) is 23.0 Å². The van der Waals surface area contributed by atoms with Crippen molar-refractivity contribution in [3.8, 4) is 17.2 Å². The van der Waals surface area contributed by atoms with Crippen molar-refractivity contribution < 1.29 is 18.7 Å². The van der Waals surface area contributed by atoms with Gasteiger partial charge in [0.15, 0.2) is 5.75 Å². The van der Waals surface area contributed by atoms with Gasteiger partial charge in [0.2, 0.25) is 0 Å². The van der Waals surface area contributed by atoms with Crippen molar-refractivity contribution in [2.45, 2.75) is 38.0 Å². The molecule has 7 heteroatoms. The Balaban J connectivity index is 1.49. The molecule has 3 aromatic carbocycles. The fourth-order valence-corrected chi connectivity index (χ4v) is 4.38. The molecule has 2 N–H and O–H groups in total. The molecule has 6 nitrogen and oxygen atoms in total. The van der Waals surface area contributed by atoms with Crippen LogP contribution in [0.15, 0.2) is 60.7 Å². The molecule has 174 valence electrons. The number of aromatic nitrogens is 2. The number of halogens is 1. The number of H-pyrrole nitrogens is 1. The molecule has 4 aromatic rings. The highest BCUT2D eigenvalue weighted by atomic mass is 19.1. The Morgan fingerprint density at radius 1 is 1.00 bits per heavy atom. The molecule has 1 aromatic heterocycles. The lowest BCUT2D eigenvalue weighted by Gasteiger charge is -2.18. The fourth-order valence-electron chi connectivity index (χ4n) is 4.38. The Hall–Kier alpha value is -3.87. The molecule has 0 bridgehead atoms. The van der Waals surface area contributed by atoms with Crippen LogP contribution in [-0.2, 0) is 0 Å². The number of fused-ring (bicyclic) bond motifs is 1. The zero-order valence-corrected chi connectivity index (χ0v) is 18.9. The van der Waals surface area contributed by atoms with Gasteiger partial charge in [-0.3, -0.25) is 4.79 Å². The zero-order chi connectivity index (χ0) is 23.5. The number of imidazole rings is 1. The van der Waals surface area contributed by atoms with Gasteiger partial charge in [0.05, 0.1) is 23.8 Å². The lowest BCUT2D eigenvalue weighted by Crippen LogP contribution is -2.12. The molecule has 0 saturated heterocycles. The molecule has 0 unspecified atom stereocenters. The predicted molar refractivity (Wildman–Crippen MR) is 129 cm³/mol. The number of hydrogen-bond donors (Lipinski definition) is 2. The SMILES string of the molecule is COc1ccc(C(=O)Nc2cc3[nH]c(C4CCCCC4)nc3cc2Oc2ccc(F)cc2)cc1. The summed E-state index contributed by atoms with van der Waals surface area (Å²) in [5.74, 6) is 2.33. The van der Waals surface area contributed by atoms with Crippen molar-refractivity contribution in [1.82, 2.24) is 9.97 Å². The molecule has 5 rings (SSSR count). The minimum absolute atomic E-state index is 0.280. The van der Waals surface area contributed by atoms with Crippen LogP contribution in [0.2, 0.25) is 0 Å². The van der Waals surface area contributed by atoms with Crippen LogP contribution < -0.4 is 14.8 Å². The number of methoxy groups -OCH3 is 1. The summed E-state index contributed by atoms with van der Waals surface area (Å²) in [7, 11) is 1.58. The van der Waals surface area contributed by atoms with E-state index in [4.69, 9.17) is 14.5 Å². The van der Waals surface area contributed by atoms with Gasteiger partial charge in [-0.2, -0.15) is 0 Å². The van der Waals surface area contributed by atoms with Gasteiger partial charge in [-0.05, 0) is 67.4 Å². The number of rotatable bonds is 6. The summed E-state index contributed by atoms with van der Waals surface area (Å²) in [5, 5.41) is 2.95. The maximum Gasteiger partial charge on any atom is 0.255 e. The lowest BCUT2D eigenvalue weighted by molar-refractivity contribution is 0.102. The van der Waals surface area contributed by atoms with E-state index < -0.39 is 0 Å². The summed E-state index contributed by atoms with van der Waals surface area (Å²) < 4.78 is 24.6. The number of ether oxygens (including phenoxy) is 2. The maximum atomic E-state index is 13.4. The largest absolute Gasteiger partial charge is 0.497 e. The number of benzene rings is 3. The van der Waals surface area contributed by atoms with Gasteiger partial charge >= 0.3 is 0 Å². The first kappa shape index (κ1) is 21.9. The monoisotopic (exact) mass is 459 g/mol. The number of hydrogen-bond acceptors (Lipinski definition) is 4. The molecule has 0 spiro atoms. The number of nitrogens with zero attached hydrogens (tertiary/aromatic N) is 1. The average molecular weight is 460 g/mol. The van der Waals surface area contributed by atoms with Crippen molar-refractivity contribution >= 4 is 22.6 Å². The summed E-state index contributed by atoms with van der Waals surface area (Å²) in [6.45, 7) is 0. The normalized spacial score (nSPS) is 14.2. The lowest BCUT2D eigenvalue weighted by atomic mass is 9.89. The van der Waals surface area contributed by atoms with Gasteiger partial charge in [-0.1, -0.05) is 19.3 Å². The smallest absolute Gasteiger partial charge is 0.255 e. The van der Waals surface area contributed by atoms with Gasteiger partial charge in [-0.25, -0.2) is 9.37 Å². The molecular formula is C27H26FN3O3. The molecule has 0 aliphatic heterocycles. The molecule has 34 heavy (non-hydrogen) atoms. The minimum atomic E-state index is -0.347. The number of aromatic amines is 1.